The molecular weight excluding hydrogens is 270 g/mol. The molecule has 0 aliphatic rings. The van der Waals surface area contributed by atoms with Gasteiger partial charge < -0.3 is 5.73 Å². The van der Waals surface area contributed by atoms with E-state index >= 15 is 0 Å². The van der Waals surface area contributed by atoms with Crippen LogP contribution in [0.15, 0.2) is 18.2 Å². The monoisotopic (exact) mass is 292 g/mol. The summed E-state index contributed by atoms with van der Waals surface area (Å²) >= 11 is 0. The van der Waals surface area contributed by atoms with Gasteiger partial charge in [0.15, 0.2) is 0 Å². The minimum absolute atomic E-state index is 0. The van der Waals surface area contributed by atoms with Crippen LogP contribution in [0.4, 0.5) is 8.78 Å². The van der Waals surface area contributed by atoms with E-state index in [-0.39, 0.29) is 29.7 Å². The number of benzene rings is 1. The Kier molecular flexibility index (Phi) is 6.91. The Morgan fingerprint density at radius 2 is 1.89 bits per heavy atom. The predicted molar refractivity (Wildman–Crippen MR) is 77.5 cm³/mol. The molecule has 19 heavy (non-hydrogen) atoms. The molecule has 0 aromatic heterocycles. The second-order valence-corrected chi connectivity index (χ2v) is 5.63. The third-order valence-electron chi connectivity index (χ3n) is 3.30. The van der Waals surface area contributed by atoms with Crippen molar-refractivity contribution >= 4 is 12.4 Å². The van der Waals surface area contributed by atoms with Crippen LogP contribution in [0.1, 0.15) is 32.4 Å². The number of hydrogen-bond donors (Lipinski definition) is 1. The zero-order valence-corrected chi connectivity index (χ0v) is 12.7. The van der Waals surface area contributed by atoms with Gasteiger partial charge in [-0.05, 0) is 44.1 Å². The van der Waals surface area contributed by atoms with Crippen molar-refractivity contribution in [3.05, 3.63) is 35.4 Å². The molecule has 0 aliphatic carbocycles. The predicted octanol–water partition coefficient (Wildman–Crippen LogP) is 3.36. The van der Waals surface area contributed by atoms with E-state index in [2.05, 4.69) is 13.8 Å². The average molecular weight is 293 g/mol. The van der Waals surface area contributed by atoms with Crippen LogP contribution in [-0.2, 0) is 0 Å². The fourth-order valence-corrected chi connectivity index (χ4v) is 1.95. The fourth-order valence-electron chi connectivity index (χ4n) is 1.95. The smallest absolute Gasteiger partial charge is 0.128 e. The van der Waals surface area contributed by atoms with Gasteiger partial charge in [-0.1, -0.05) is 13.8 Å². The Hall–Kier alpha value is -0.710. The standard InChI is InChI=1S/C14H22F2N2.ClH/c1-10(18(4)9-14(2,3)8-17)12-7-11(15)5-6-13(12)16;/h5-7,10H,8-9,17H2,1-4H3;1H. The highest BCUT2D eigenvalue weighted by atomic mass is 35.5. The minimum atomic E-state index is -0.412. The van der Waals surface area contributed by atoms with E-state index in [1.165, 1.54) is 12.1 Å². The third-order valence-corrected chi connectivity index (χ3v) is 3.30. The molecule has 0 saturated heterocycles. The highest BCUT2D eigenvalue weighted by molar-refractivity contribution is 5.85. The molecule has 1 unspecified atom stereocenters. The molecule has 0 fully saturated rings. The van der Waals surface area contributed by atoms with E-state index in [9.17, 15) is 8.78 Å². The third kappa shape index (κ3) is 5.05. The highest BCUT2D eigenvalue weighted by Gasteiger charge is 2.23. The maximum absolute atomic E-state index is 13.7. The first-order chi connectivity index (χ1) is 8.26. The summed E-state index contributed by atoms with van der Waals surface area (Å²) in [6.45, 7) is 7.25. The first-order valence-corrected chi connectivity index (χ1v) is 6.12. The van der Waals surface area contributed by atoms with E-state index in [1.807, 2.05) is 18.9 Å². The molecule has 0 aliphatic heterocycles. The topological polar surface area (TPSA) is 29.3 Å². The first kappa shape index (κ1) is 18.3. The summed E-state index contributed by atoms with van der Waals surface area (Å²) in [6.07, 6.45) is 0. The van der Waals surface area contributed by atoms with Crippen molar-refractivity contribution in [1.29, 1.82) is 0 Å². The SMILES string of the molecule is CC(c1cc(F)ccc1F)N(C)CC(C)(C)CN.Cl. The summed E-state index contributed by atoms with van der Waals surface area (Å²) in [5, 5.41) is 0. The van der Waals surface area contributed by atoms with Gasteiger partial charge in [0.25, 0.3) is 0 Å². The van der Waals surface area contributed by atoms with Crippen LogP contribution in [0.25, 0.3) is 0 Å². The Morgan fingerprint density at radius 3 is 2.42 bits per heavy atom. The van der Waals surface area contributed by atoms with Gasteiger partial charge in [0, 0.05) is 18.2 Å². The molecule has 0 saturated carbocycles. The van der Waals surface area contributed by atoms with E-state index in [1.54, 1.807) is 0 Å². The van der Waals surface area contributed by atoms with Crippen LogP contribution < -0.4 is 5.73 Å². The van der Waals surface area contributed by atoms with E-state index in [0.29, 0.717) is 12.1 Å². The normalized spacial score (nSPS) is 13.3. The van der Waals surface area contributed by atoms with Crippen molar-refractivity contribution in [3.8, 4) is 0 Å². The minimum Gasteiger partial charge on any atom is -0.330 e. The van der Waals surface area contributed by atoms with Crippen molar-refractivity contribution in [3.63, 3.8) is 0 Å². The largest absolute Gasteiger partial charge is 0.330 e. The van der Waals surface area contributed by atoms with Crippen molar-refractivity contribution < 1.29 is 8.78 Å². The quantitative estimate of drug-likeness (QED) is 0.901. The van der Waals surface area contributed by atoms with Gasteiger partial charge in [-0.3, -0.25) is 4.90 Å². The van der Waals surface area contributed by atoms with Crippen LogP contribution in [0.5, 0.6) is 0 Å². The summed E-state index contributed by atoms with van der Waals surface area (Å²) in [5.41, 5.74) is 6.02. The summed E-state index contributed by atoms with van der Waals surface area (Å²) in [4.78, 5) is 1.99. The fraction of sp³-hybridized carbons (Fsp3) is 0.571. The molecule has 0 bridgehead atoms. The lowest BCUT2D eigenvalue weighted by molar-refractivity contribution is 0.171. The number of rotatable bonds is 5. The maximum Gasteiger partial charge on any atom is 0.128 e. The summed E-state index contributed by atoms with van der Waals surface area (Å²) in [5.74, 6) is -0.786. The molecule has 0 spiro atoms. The van der Waals surface area contributed by atoms with E-state index < -0.39 is 5.82 Å². The van der Waals surface area contributed by atoms with Gasteiger partial charge in [-0.25, -0.2) is 8.78 Å². The summed E-state index contributed by atoms with van der Waals surface area (Å²) in [7, 11) is 1.90. The molecule has 1 aromatic carbocycles. The van der Waals surface area contributed by atoms with Crippen molar-refractivity contribution in [2.24, 2.45) is 11.1 Å². The molecule has 1 aromatic rings. The molecule has 2 nitrogen and oxygen atoms in total. The second kappa shape index (κ2) is 7.17. The second-order valence-electron chi connectivity index (χ2n) is 5.63. The molecule has 0 heterocycles. The van der Waals surface area contributed by atoms with Gasteiger partial charge in [0.2, 0.25) is 0 Å². The molecule has 2 N–H and O–H groups in total. The van der Waals surface area contributed by atoms with Gasteiger partial charge in [-0.2, -0.15) is 0 Å². The zero-order chi connectivity index (χ0) is 13.9. The molecule has 0 radical (unpaired) electrons. The highest BCUT2D eigenvalue weighted by Crippen LogP contribution is 2.25. The molecule has 1 rings (SSSR count). The van der Waals surface area contributed by atoms with Gasteiger partial charge >= 0.3 is 0 Å². The Bertz CT molecular complexity index is 410. The lowest BCUT2D eigenvalue weighted by Gasteiger charge is -2.33. The number of hydrogen-bond acceptors (Lipinski definition) is 2. The van der Waals surface area contributed by atoms with Crippen molar-refractivity contribution in [1.82, 2.24) is 4.90 Å². The van der Waals surface area contributed by atoms with Crippen molar-refractivity contribution in [2.45, 2.75) is 26.8 Å². The van der Waals surface area contributed by atoms with Gasteiger partial charge in [0.1, 0.15) is 11.6 Å². The number of halogens is 3. The molecule has 110 valence electrons. The summed E-state index contributed by atoms with van der Waals surface area (Å²) < 4.78 is 26.8. The van der Waals surface area contributed by atoms with Gasteiger partial charge in [0.05, 0.1) is 0 Å². The lowest BCUT2D eigenvalue weighted by atomic mass is 9.92. The zero-order valence-electron chi connectivity index (χ0n) is 11.9. The maximum atomic E-state index is 13.7. The molecule has 5 heteroatoms. The van der Waals surface area contributed by atoms with E-state index in [4.69, 9.17) is 5.73 Å². The van der Waals surface area contributed by atoms with Crippen LogP contribution >= 0.6 is 12.4 Å². The molecule has 0 amide bonds. The Balaban J connectivity index is 0.00000324. The first-order valence-electron chi connectivity index (χ1n) is 6.12. The van der Waals surface area contributed by atoms with Gasteiger partial charge in [-0.15, -0.1) is 12.4 Å². The van der Waals surface area contributed by atoms with Crippen molar-refractivity contribution in [2.75, 3.05) is 20.1 Å². The van der Waals surface area contributed by atoms with Crippen LogP contribution in [0.3, 0.4) is 0 Å². The Morgan fingerprint density at radius 1 is 1.32 bits per heavy atom. The van der Waals surface area contributed by atoms with Crippen LogP contribution in [-0.4, -0.2) is 25.0 Å². The lowest BCUT2D eigenvalue weighted by Crippen LogP contribution is -2.38. The van der Waals surface area contributed by atoms with Crippen LogP contribution in [0.2, 0.25) is 0 Å². The molecule has 1 atom stereocenters. The average Bonchev–Trinajstić information content (AvgIpc) is 2.31. The number of nitrogens with two attached hydrogens (primary N) is 1. The van der Waals surface area contributed by atoms with Crippen LogP contribution in [0, 0.1) is 17.0 Å². The molecular formula is C14H23ClF2N2. The van der Waals surface area contributed by atoms with E-state index in [0.717, 1.165) is 12.6 Å². The summed E-state index contributed by atoms with van der Waals surface area (Å²) in [6, 6.07) is 3.37. The Labute approximate surface area is 120 Å². The number of nitrogens with zero attached hydrogens (tertiary/aromatic N) is 1.